The predicted molar refractivity (Wildman–Crippen MR) is 86.3 cm³/mol. The molecule has 0 bridgehead atoms. The monoisotopic (exact) mass is 335 g/mol. The molecule has 5 heteroatoms. The van der Waals surface area contributed by atoms with Gasteiger partial charge in [-0.25, -0.2) is 0 Å². The Labute approximate surface area is 126 Å². The quantitative estimate of drug-likeness (QED) is 0.841. The molecule has 0 radical (unpaired) electrons. The van der Waals surface area contributed by atoms with Gasteiger partial charge in [-0.3, -0.25) is 4.98 Å². The Morgan fingerprint density at radius 3 is 2.89 bits per heavy atom. The van der Waals surface area contributed by atoms with Crippen LogP contribution in [0.15, 0.2) is 41.0 Å². The van der Waals surface area contributed by atoms with Crippen LogP contribution in [0.25, 0.3) is 0 Å². The van der Waals surface area contributed by atoms with Crippen LogP contribution in [-0.4, -0.2) is 9.97 Å². The van der Waals surface area contributed by atoms with Crippen LogP contribution >= 0.6 is 28.1 Å². The molecule has 0 saturated carbocycles. The van der Waals surface area contributed by atoms with Crippen molar-refractivity contribution in [2.75, 3.05) is 5.32 Å². The second kappa shape index (κ2) is 6.12. The lowest BCUT2D eigenvalue weighted by atomic mass is 10.1. The predicted octanol–water partition coefficient (Wildman–Crippen LogP) is 3.40. The number of nitrogens with zero attached hydrogens (tertiary/aromatic N) is 1. The van der Waals surface area contributed by atoms with Gasteiger partial charge in [0.05, 0.1) is 12.2 Å². The number of nitrogens with two attached hydrogens (primary N) is 1. The van der Waals surface area contributed by atoms with Gasteiger partial charge in [0.25, 0.3) is 0 Å². The van der Waals surface area contributed by atoms with E-state index in [1.807, 2.05) is 37.3 Å². The molecule has 1 heterocycles. The first-order chi connectivity index (χ1) is 9.08. The van der Waals surface area contributed by atoms with Gasteiger partial charge in [-0.1, -0.05) is 34.2 Å². The number of aromatic nitrogens is 1. The molecule has 3 N–H and O–H groups in total. The van der Waals surface area contributed by atoms with Crippen LogP contribution in [0.5, 0.6) is 0 Å². The summed E-state index contributed by atoms with van der Waals surface area (Å²) in [6.45, 7) is 2.68. The summed E-state index contributed by atoms with van der Waals surface area (Å²) in [7, 11) is 0. The summed E-state index contributed by atoms with van der Waals surface area (Å²) in [4.78, 5) is 4.73. The van der Waals surface area contributed by atoms with Gasteiger partial charge < -0.3 is 11.1 Å². The Morgan fingerprint density at radius 2 is 2.21 bits per heavy atom. The lowest BCUT2D eigenvalue weighted by molar-refractivity contribution is 1.02. The molecule has 0 amide bonds. The van der Waals surface area contributed by atoms with Crippen LogP contribution in [0.4, 0.5) is 5.69 Å². The normalized spacial score (nSPS) is 10.2. The number of halogens is 1. The van der Waals surface area contributed by atoms with E-state index >= 15 is 0 Å². The molecule has 2 aromatic rings. The molecular formula is C14H14BrN3S. The SMILES string of the molecule is Cc1cccnc1CNc1ccc(Br)cc1C(N)=S. The van der Waals surface area contributed by atoms with Crippen LogP contribution in [0.2, 0.25) is 0 Å². The summed E-state index contributed by atoms with van der Waals surface area (Å²) >= 11 is 8.48. The first-order valence-corrected chi connectivity index (χ1v) is 7.02. The topological polar surface area (TPSA) is 50.9 Å². The maximum Gasteiger partial charge on any atom is 0.106 e. The zero-order valence-electron chi connectivity index (χ0n) is 10.5. The third kappa shape index (κ3) is 3.52. The maximum absolute atomic E-state index is 5.74. The van der Waals surface area contributed by atoms with E-state index in [1.54, 1.807) is 6.20 Å². The molecule has 0 saturated heterocycles. The molecule has 0 atom stereocenters. The summed E-state index contributed by atoms with van der Waals surface area (Å²) in [6, 6.07) is 9.79. The molecule has 0 aliphatic carbocycles. The largest absolute Gasteiger partial charge is 0.389 e. The Balaban J connectivity index is 2.20. The number of thiocarbonyl (C=S) groups is 1. The van der Waals surface area contributed by atoms with Crippen LogP contribution in [0, 0.1) is 6.92 Å². The van der Waals surface area contributed by atoms with Crippen molar-refractivity contribution in [1.82, 2.24) is 4.98 Å². The minimum Gasteiger partial charge on any atom is -0.389 e. The zero-order chi connectivity index (χ0) is 13.8. The van der Waals surface area contributed by atoms with Crippen molar-refractivity contribution in [3.05, 3.63) is 57.8 Å². The first-order valence-electron chi connectivity index (χ1n) is 5.81. The van der Waals surface area contributed by atoms with E-state index in [9.17, 15) is 0 Å². The summed E-state index contributed by atoms with van der Waals surface area (Å²) in [6.07, 6.45) is 1.79. The van der Waals surface area contributed by atoms with Gasteiger partial charge in [0.2, 0.25) is 0 Å². The highest BCUT2D eigenvalue weighted by Crippen LogP contribution is 2.21. The van der Waals surface area contributed by atoms with E-state index in [0.29, 0.717) is 11.5 Å². The fourth-order valence-corrected chi connectivity index (χ4v) is 2.29. The van der Waals surface area contributed by atoms with Crippen LogP contribution in [0.3, 0.4) is 0 Å². The standard InChI is InChI=1S/C14H14BrN3S/c1-9-3-2-6-17-13(9)8-18-12-5-4-10(15)7-11(12)14(16)19/h2-7,18H,8H2,1H3,(H2,16,19). The molecule has 98 valence electrons. The van der Waals surface area contributed by atoms with Gasteiger partial charge in [-0.05, 0) is 36.8 Å². The highest BCUT2D eigenvalue weighted by atomic mass is 79.9. The van der Waals surface area contributed by atoms with Gasteiger partial charge in [0.1, 0.15) is 4.99 Å². The number of hydrogen-bond acceptors (Lipinski definition) is 3. The van der Waals surface area contributed by atoms with Gasteiger partial charge in [0.15, 0.2) is 0 Å². The molecular weight excluding hydrogens is 322 g/mol. The number of anilines is 1. The first kappa shape index (κ1) is 14.0. The highest BCUT2D eigenvalue weighted by molar-refractivity contribution is 9.10. The van der Waals surface area contributed by atoms with E-state index in [1.165, 1.54) is 0 Å². The van der Waals surface area contributed by atoms with E-state index in [4.69, 9.17) is 18.0 Å². The summed E-state index contributed by atoms with van der Waals surface area (Å²) in [5.41, 5.74) is 9.66. The van der Waals surface area contributed by atoms with E-state index < -0.39 is 0 Å². The lowest BCUT2D eigenvalue weighted by Gasteiger charge is -2.12. The minimum absolute atomic E-state index is 0.376. The molecule has 19 heavy (non-hydrogen) atoms. The molecule has 1 aromatic carbocycles. The molecule has 0 fully saturated rings. The van der Waals surface area contributed by atoms with Gasteiger partial charge in [-0.2, -0.15) is 0 Å². The highest BCUT2D eigenvalue weighted by Gasteiger charge is 2.06. The minimum atomic E-state index is 0.376. The molecule has 0 unspecified atom stereocenters. The number of aryl methyl sites for hydroxylation is 1. The summed E-state index contributed by atoms with van der Waals surface area (Å²) < 4.78 is 0.954. The molecule has 2 rings (SSSR count). The molecule has 0 aliphatic rings. The Hall–Kier alpha value is -1.46. The van der Waals surface area contributed by atoms with Gasteiger partial charge in [-0.15, -0.1) is 0 Å². The fraction of sp³-hybridized carbons (Fsp3) is 0.143. The van der Waals surface area contributed by atoms with Crippen LogP contribution in [-0.2, 0) is 6.54 Å². The zero-order valence-corrected chi connectivity index (χ0v) is 12.9. The van der Waals surface area contributed by atoms with Gasteiger partial charge in [0, 0.05) is 21.9 Å². The smallest absolute Gasteiger partial charge is 0.106 e. The third-order valence-electron chi connectivity index (χ3n) is 2.81. The average molecular weight is 336 g/mol. The van der Waals surface area contributed by atoms with Crippen molar-refractivity contribution < 1.29 is 0 Å². The Kier molecular flexibility index (Phi) is 4.50. The number of nitrogens with one attached hydrogen (secondary N) is 1. The van der Waals surface area contributed by atoms with Crippen molar-refractivity contribution in [2.24, 2.45) is 5.73 Å². The summed E-state index contributed by atoms with van der Waals surface area (Å²) in [5.74, 6) is 0. The number of benzene rings is 1. The van der Waals surface area contributed by atoms with Crippen molar-refractivity contribution in [3.8, 4) is 0 Å². The molecule has 1 aromatic heterocycles. The van der Waals surface area contributed by atoms with Gasteiger partial charge >= 0.3 is 0 Å². The van der Waals surface area contributed by atoms with E-state index in [0.717, 1.165) is 27.0 Å². The van der Waals surface area contributed by atoms with Crippen LogP contribution < -0.4 is 11.1 Å². The fourth-order valence-electron chi connectivity index (χ4n) is 1.76. The Bertz CT molecular complexity index is 613. The average Bonchev–Trinajstić information content (AvgIpc) is 2.38. The number of pyridine rings is 1. The van der Waals surface area contributed by atoms with Crippen molar-refractivity contribution in [3.63, 3.8) is 0 Å². The van der Waals surface area contributed by atoms with E-state index in [2.05, 4.69) is 26.2 Å². The van der Waals surface area contributed by atoms with Crippen LogP contribution in [0.1, 0.15) is 16.8 Å². The lowest BCUT2D eigenvalue weighted by Crippen LogP contribution is -2.13. The summed E-state index contributed by atoms with van der Waals surface area (Å²) in [5, 5.41) is 3.33. The molecule has 3 nitrogen and oxygen atoms in total. The third-order valence-corrected chi connectivity index (χ3v) is 3.52. The van der Waals surface area contributed by atoms with Crippen molar-refractivity contribution in [1.29, 1.82) is 0 Å². The number of rotatable bonds is 4. The van der Waals surface area contributed by atoms with Crippen molar-refractivity contribution >= 4 is 38.8 Å². The molecule has 0 aliphatic heterocycles. The maximum atomic E-state index is 5.74. The second-order valence-electron chi connectivity index (χ2n) is 4.17. The van der Waals surface area contributed by atoms with E-state index in [-0.39, 0.29) is 0 Å². The Morgan fingerprint density at radius 1 is 1.42 bits per heavy atom. The molecule has 0 spiro atoms. The van der Waals surface area contributed by atoms with Crippen molar-refractivity contribution in [2.45, 2.75) is 13.5 Å². The number of hydrogen-bond donors (Lipinski definition) is 2. The second-order valence-corrected chi connectivity index (χ2v) is 5.53.